The maximum atomic E-state index is 12.1. The standard InChI is InChI=1S/C4H5BrF4/c1-3(5,6)2-4(7,8)9/h2H2,1H3. The topological polar surface area (TPSA) is 0 Å². The van der Waals surface area contributed by atoms with Crippen LogP contribution in [0.1, 0.15) is 13.3 Å². The van der Waals surface area contributed by atoms with Gasteiger partial charge in [-0.3, -0.25) is 0 Å². The Balaban J connectivity index is 3.75. The lowest BCUT2D eigenvalue weighted by Gasteiger charge is -2.13. The molecule has 0 aromatic rings. The molecule has 0 radical (unpaired) electrons. The highest BCUT2D eigenvalue weighted by Crippen LogP contribution is 2.33. The molecule has 1 unspecified atom stereocenters. The van der Waals surface area contributed by atoms with E-state index in [0.29, 0.717) is 0 Å². The number of alkyl halides is 5. The Kier molecular flexibility index (Phi) is 2.49. The summed E-state index contributed by atoms with van der Waals surface area (Å²) in [5.41, 5.74) is 0. The van der Waals surface area contributed by atoms with Crippen LogP contribution in [0.15, 0.2) is 0 Å². The summed E-state index contributed by atoms with van der Waals surface area (Å²) < 4.78 is 43.6. The lowest BCUT2D eigenvalue weighted by molar-refractivity contribution is -0.147. The molecular weight excluding hydrogens is 204 g/mol. The summed E-state index contributed by atoms with van der Waals surface area (Å²) in [5.74, 6) is 0. The van der Waals surface area contributed by atoms with Gasteiger partial charge in [-0.1, -0.05) is 0 Å². The molecule has 0 aliphatic heterocycles. The fraction of sp³-hybridized carbons (Fsp3) is 1.00. The van der Waals surface area contributed by atoms with Gasteiger partial charge in [-0.2, -0.15) is 13.2 Å². The van der Waals surface area contributed by atoms with E-state index in [4.69, 9.17) is 0 Å². The maximum absolute atomic E-state index is 12.1. The Morgan fingerprint density at radius 3 is 1.56 bits per heavy atom. The summed E-state index contributed by atoms with van der Waals surface area (Å²) >= 11 is 2.23. The Labute approximate surface area is 58.4 Å². The molecule has 0 fully saturated rings. The minimum Gasteiger partial charge on any atom is -0.231 e. The smallest absolute Gasteiger partial charge is 0.231 e. The Bertz CT molecular complexity index is 77.7. The molecule has 0 bridgehead atoms. The van der Waals surface area contributed by atoms with Crippen molar-refractivity contribution in [2.75, 3.05) is 0 Å². The molecule has 0 nitrogen and oxygen atoms in total. The monoisotopic (exact) mass is 208 g/mol. The fourth-order valence-corrected chi connectivity index (χ4v) is 0.670. The van der Waals surface area contributed by atoms with Crippen molar-refractivity contribution in [3.05, 3.63) is 0 Å². The minimum atomic E-state index is -4.44. The highest BCUT2D eigenvalue weighted by Gasteiger charge is 2.37. The molecule has 1 atom stereocenters. The quantitative estimate of drug-likeness (QED) is 0.459. The van der Waals surface area contributed by atoms with Crippen LogP contribution in [0.25, 0.3) is 0 Å². The summed E-state index contributed by atoms with van der Waals surface area (Å²) in [6.45, 7) is 0.820. The maximum Gasteiger partial charge on any atom is 0.393 e. The molecule has 56 valence electrons. The van der Waals surface area contributed by atoms with E-state index in [1.165, 1.54) is 0 Å². The van der Waals surface area contributed by atoms with E-state index in [1.54, 1.807) is 0 Å². The summed E-state index contributed by atoms with van der Waals surface area (Å²) in [6, 6.07) is 0. The van der Waals surface area contributed by atoms with E-state index in [2.05, 4.69) is 15.9 Å². The van der Waals surface area contributed by atoms with Gasteiger partial charge in [0.2, 0.25) is 0 Å². The first kappa shape index (κ1) is 9.20. The van der Waals surface area contributed by atoms with Gasteiger partial charge in [0.15, 0.2) is 4.58 Å². The number of halogens is 5. The summed E-state index contributed by atoms with van der Waals surface area (Å²) in [4.78, 5) is 0. The second-order valence-corrected chi connectivity index (χ2v) is 3.52. The predicted octanol–water partition coefficient (Wildman–Crippen LogP) is 3.02. The SMILES string of the molecule is CC(F)(Br)CC(F)(F)F. The first-order valence-corrected chi connectivity index (χ1v) is 2.95. The Morgan fingerprint density at radius 1 is 1.22 bits per heavy atom. The number of rotatable bonds is 1. The molecule has 0 amide bonds. The van der Waals surface area contributed by atoms with Gasteiger partial charge in [-0.05, 0) is 22.9 Å². The zero-order valence-corrected chi connectivity index (χ0v) is 6.18. The molecule has 0 rings (SSSR count). The van der Waals surface area contributed by atoms with Crippen LogP contribution < -0.4 is 0 Å². The van der Waals surface area contributed by atoms with Crippen molar-refractivity contribution in [3.63, 3.8) is 0 Å². The lowest BCUT2D eigenvalue weighted by Crippen LogP contribution is -2.20. The van der Waals surface area contributed by atoms with Gasteiger partial charge in [0.25, 0.3) is 0 Å². The highest BCUT2D eigenvalue weighted by molar-refractivity contribution is 9.10. The van der Waals surface area contributed by atoms with Crippen LogP contribution in [-0.4, -0.2) is 10.8 Å². The summed E-state index contributed by atoms with van der Waals surface area (Å²) in [6.07, 6.45) is -5.90. The third-order valence-corrected chi connectivity index (χ3v) is 0.791. The second kappa shape index (κ2) is 2.44. The van der Waals surface area contributed by atoms with Crippen molar-refractivity contribution in [2.24, 2.45) is 0 Å². The minimum absolute atomic E-state index is 0.820. The fourth-order valence-electron chi connectivity index (χ4n) is 0.352. The van der Waals surface area contributed by atoms with Crippen molar-refractivity contribution >= 4 is 15.9 Å². The zero-order chi connectivity index (χ0) is 7.71. The third-order valence-electron chi connectivity index (χ3n) is 0.511. The first-order chi connectivity index (χ1) is 3.71. The van der Waals surface area contributed by atoms with E-state index < -0.39 is 17.2 Å². The van der Waals surface area contributed by atoms with Crippen LogP contribution in [-0.2, 0) is 0 Å². The molecule has 5 heteroatoms. The van der Waals surface area contributed by atoms with Crippen LogP contribution in [0, 0.1) is 0 Å². The molecule has 0 spiro atoms. The molecule has 0 aromatic heterocycles. The van der Waals surface area contributed by atoms with E-state index in [-0.39, 0.29) is 0 Å². The molecule has 0 heterocycles. The van der Waals surface area contributed by atoms with E-state index in [9.17, 15) is 17.6 Å². The van der Waals surface area contributed by atoms with Crippen LogP contribution in [0.5, 0.6) is 0 Å². The number of hydrogen-bond donors (Lipinski definition) is 0. The summed E-state index contributed by atoms with van der Waals surface area (Å²) in [5, 5.41) is 0. The molecular formula is C4H5BrF4. The van der Waals surface area contributed by atoms with Crippen molar-refractivity contribution < 1.29 is 17.6 Å². The predicted molar refractivity (Wildman–Crippen MR) is 29.1 cm³/mol. The van der Waals surface area contributed by atoms with Crippen molar-refractivity contribution in [1.29, 1.82) is 0 Å². The first-order valence-electron chi connectivity index (χ1n) is 2.15. The van der Waals surface area contributed by atoms with Gasteiger partial charge in [-0.15, -0.1) is 0 Å². The van der Waals surface area contributed by atoms with Gasteiger partial charge in [-0.25, -0.2) is 4.39 Å². The van der Waals surface area contributed by atoms with Crippen LogP contribution in [0.2, 0.25) is 0 Å². The van der Waals surface area contributed by atoms with E-state index >= 15 is 0 Å². The Hall–Kier alpha value is 0.200. The van der Waals surface area contributed by atoms with Crippen molar-refractivity contribution in [2.45, 2.75) is 24.1 Å². The Morgan fingerprint density at radius 2 is 1.56 bits per heavy atom. The third kappa shape index (κ3) is 8.20. The molecule has 0 aliphatic rings. The largest absolute Gasteiger partial charge is 0.393 e. The van der Waals surface area contributed by atoms with Crippen molar-refractivity contribution in [3.8, 4) is 0 Å². The molecule has 0 saturated carbocycles. The average Bonchev–Trinajstić information content (AvgIpc) is 1.14. The van der Waals surface area contributed by atoms with Gasteiger partial charge in [0.1, 0.15) is 0 Å². The lowest BCUT2D eigenvalue weighted by atomic mass is 10.3. The molecule has 0 N–H and O–H groups in total. The van der Waals surface area contributed by atoms with Crippen molar-refractivity contribution in [1.82, 2.24) is 0 Å². The summed E-state index contributed by atoms with van der Waals surface area (Å²) in [7, 11) is 0. The zero-order valence-electron chi connectivity index (χ0n) is 4.60. The van der Waals surface area contributed by atoms with Gasteiger partial charge in [0, 0.05) is 0 Å². The molecule has 0 saturated heterocycles. The average molecular weight is 209 g/mol. The van der Waals surface area contributed by atoms with Gasteiger partial charge >= 0.3 is 6.18 Å². The molecule has 0 aromatic carbocycles. The van der Waals surface area contributed by atoms with E-state index in [1.807, 2.05) is 0 Å². The van der Waals surface area contributed by atoms with Crippen LogP contribution in [0.4, 0.5) is 17.6 Å². The highest BCUT2D eigenvalue weighted by atomic mass is 79.9. The number of hydrogen-bond acceptors (Lipinski definition) is 0. The van der Waals surface area contributed by atoms with Crippen LogP contribution >= 0.6 is 15.9 Å². The normalized spacial score (nSPS) is 19.3. The van der Waals surface area contributed by atoms with Crippen LogP contribution in [0.3, 0.4) is 0 Å². The van der Waals surface area contributed by atoms with E-state index in [0.717, 1.165) is 6.92 Å². The van der Waals surface area contributed by atoms with Gasteiger partial charge in [0.05, 0.1) is 6.42 Å². The molecule has 0 aliphatic carbocycles. The second-order valence-electron chi connectivity index (χ2n) is 1.86. The van der Waals surface area contributed by atoms with Gasteiger partial charge < -0.3 is 0 Å². The molecule has 9 heavy (non-hydrogen) atoms.